The zero-order valence-corrected chi connectivity index (χ0v) is 19.3. The first-order valence-electron chi connectivity index (χ1n) is 9.97. The molecule has 4 heterocycles. The smallest absolute Gasteiger partial charge is 0.340 e. The fourth-order valence-corrected chi connectivity index (χ4v) is 6.29. The topological polar surface area (TPSA) is 190 Å². The number of rotatable bonds is 7. The lowest BCUT2D eigenvalue weighted by Gasteiger charge is -2.28. The summed E-state index contributed by atoms with van der Waals surface area (Å²) in [5.41, 5.74) is 0.689. The van der Waals surface area contributed by atoms with Gasteiger partial charge in [0.2, 0.25) is 0 Å². The Bertz CT molecular complexity index is 1110. The van der Waals surface area contributed by atoms with Gasteiger partial charge in [-0.2, -0.15) is 0 Å². The molecule has 17 heteroatoms. The van der Waals surface area contributed by atoms with Crippen LogP contribution in [-0.4, -0.2) is 96.5 Å². The van der Waals surface area contributed by atoms with Crippen molar-refractivity contribution in [2.45, 2.75) is 31.5 Å². The van der Waals surface area contributed by atoms with Gasteiger partial charge in [-0.15, -0.1) is 0 Å². The number of nitrogens with zero attached hydrogens (tertiary/aromatic N) is 5. The van der Waals surface area contributed by atoms with Crippen LogP contribution in [0.5, 0.6) is 0 Å². The van der Waals surface area contributed by atoms with Gasteiger partial charge in [-0.3, -0.25) is 13.7 Å². The minimum atomic E-state index is -4.83. The number of halogens is 1. The fraction of sp³-hybridized carbons (Fsp3) is 0.688. The number of alkyl halides is 1. The summed E-state index contributed by atoms with van der Waals surface area (Å²) in [4.78, 5) is 42.4. The van der Waals surface area contributed by atoms with E-state index in [0.29, 0.717) is 43.5 Å². The second kappa shape index (κ2) is 9.25. The van der Waals surface area contributed by atoms with Crippen molar-refractivity contribution in [1.82, 2.24) is 19.5 Å². The van der Waals surface area contributed by atoms with E-state index in [1.165, 1.54) is 10.9 Å². The number of aromatic nitrogens is 4. The molecular formula is C16H24FN5O9P2. The van der Waals surface area contributed by atoms with Gasteiger partial charge >= 0.3 is 15.2 Å². The zero-order chi connectivity index (χ0) is 24.0. The summed E-state index contributed by atoms with van der Waals surface area (Å²) in [6.07, 6.45) is -5.13. The van der Waals surface area contributed by atoms with Crippen LogP contribution >= 0.6 is 15.2 Å². The molecule has 2 aliphatic rings. The van der Waals surface area contributed by atoms with Crippen molar-refractivity contribution >= 4 is 32.2 Å². The molecule has 14 nitrogen and oxygen atoms in total. The number of hydrogen-bond acceptors (Lipinski definition) is 10. The number of aliphatic hydroxyl groups excluding tert-OH is 1. The molecule has 0 spiro atoms. The van der Waals surface area contributed by atoms with Crippen LogP contribution in [0.15, 0.2) is 6.33 Å². The predicted octanol–water partition coefficient (Wildman–Crippen LogP) is -0.0951. The molecule has 0 bridgehead atoms. The minimum absolute atomic E-state index is 0.278. The maximum absolute atomic E-state index is 15.0. The molecule has 0 saturated carbocycles. The van der Waals surface area contributed by atoms with Crippen LogP contribution in [-0.2, 0) is 23.1 Å². The van der Waals surface area contributed by atoms with E-state index in [1.54, 1.807) is 6.92 Å². The molecule has 0 aromatic carbocycles. The maximum atomic E-state index is 15.0. The Labute approximate surface area is 187 Å². The summed E-state index contributed by atoms with van der Waals surface area (Å²) < 4.78 is 54.7. The molecule has 33 heavy (non-hydrogen) atoms. The average molecular weight is 511 g/mol. The largest absolute Gasteiger partial charge is 0.387 e. The van der Waals surface area contributed by atoms with E-state index in [2.05, 4.69) is 19.5 Å². The molecule has 184 valence electrons. The number of hydrogen-bond donors (Lipinski definition) is 4. The Morgan fingerprint density at radius 2 is 1.94 bits per heavy atom. The van der Waals surface area contributed by atoms with E-state index in [0.717, 1.165) is 0 Å². The lowest BCUT2D eigenvalue weighted by atomic mass is 10.1. The average Bonchev–Trinajstić information content (AvgIpc) is 3.26. The van der Waals surface area contributed by atoms with Crippen LogP contribution in [0.4, 0.5) is 10.2 Å². The maximum Gasteiger partial charge on any atom is 0.340 e. The first-order valence-corrected chi connectivity index (χ1v) is 13.5. The Morgan fingerprint density at radius 3 is 2.61 bits per heavy atom. The summed E-state index contributed by atoms with van der Waals surface area (Å²) in [7, 11) is -9.52. The number of imidazole rings is 1. The SMILES string of the molecule is Cc1nc(N2CCOCC2)c2ncn([C@@H]3O[C@H](COP(=O)(O)CP(=O)(O)O)[C@@H](O)[C@@H]3F)c2n1. The molecule has 2 saturated heterocycles. The zero-order valence-electron chi connectivity index (χ0n) is 17.5. The normalized spacial score (nSPS) is 28.4. The van der Waals surface area contributed by atoms with E-state index in [9.17, 15) is 23.5 Å². The molecule has 2 fully saturated rings. The van der Waals surface area contributed by atoms with Crippen LogP contribution in [0.3, 0.4) is 0 Å². The summed E-state index contributed by atoms with van der Waals surface area (Å²) in [5.74, 6) is -0.428. The number of fused-ring (bicyclic) bond motifs is 1. The minimum Gasteiger partial charge on any atom is -0.387 e. The summed E-state index contributed by atoms with van der Waals surface area (Å²) in [6, 6.07) is 0. The van der Waals surface area contributed by atoms with Gasteiger partial charge in [0.25, 0.3) is 0 Å². The number of morpholine rings is 1. The molecule has 2 aliphatic heterocycles. The molecular weight excluding hydrogens is 487 g/mol. The first kappa shape index (κ1) is 24.6. The van der Waals surface area contributed by atoms with E-state index in [1.807, 2.05) is 4.90 Å². The van der Waals surface area contributed by atoms with E-state index >= 15 is 0 Å². The van der Waals surface area contributed by atoms with Crippen LogP contribution in [0.25, 0.3) is 11.2 Å². The molecule has 4 rings (SSSR count). The van der Waals surface area contributed by atoms with Gasteiger partial charge in [0.15, 0.2) is 35.3 Å². The van der Waals surface area contributed by atoms with Gasteiger partial charge < -0.3 is 38.7 Å². The van der Waals surface area contributed by atoms with Gasteiger partial charge in [0.05, 0.1) is 26.1 Å². The van der Waals surface area contributed by atoms with Gasteiger partial charge in [-0.05, 0) is 6.92 Å². The van der Waals surface area contributed by atoms with Crippen LogP contribution < -0.4 is 4.90 Å². The molecule has 1 unspecified atom stereocenters. The highest BCUT2D eigenvalue weighted by Gasteiger charge is 2.47. The molecule has 0 radical (unpaired) electrons. The fourth-order valence-electron chi connectivity index (χ4n) is 3.72. The summed E-state index contributed by atoms with van der Waals surface area (Å²) in [5, 5.41) is 10.2. The highest BCUT2D eigenvalue weighted by molar-refractivity contribution is 7.70. The van der Waals surface area contributed by atoms with Crippen LogP contribution in [0.1, 0.15) is 12.1 Å². The number of anilines is 1. The number of ether oxygens (including phenoxy) is 2. The van der Waals surface area contributed by atoms with Gasteiger partial charge in [-0.25, -0.2) is 19.3 Å². The van der Waals surface area contributed by atoms with E-state index in [4.69, 9.17) is 19.3 Å². The molecule has 4 N–H and O–H groups in total. The van der Waals surface area contributed by atoms with E-state index < -0.39 is 52.3 Å². The van der Waals surface area contributed by atoms with Crippen molar-refractivity contribution in [3.63, 3.8) is 0 Å². The van der Waals surface area contributed by atoms with Crippen molar-refractivity contribution in [2.24, 2.45) is 0 Å². The highest BCUT2D eigenvalue weighted by Crippen LogP contribution is 2.55. The summed E-state index contributed by atoms with van der Waals surface area (Å²) >= 11 is 0. The van der Waals surface area contributed by atoms with Crippen molar-refractivity contribution in [2.75, 3.05) is 43.7 Å². The van der Waals surface area contributed by atoms with E-state index in [-0.39, 0.29) is 5.65 Å². The van der Waals surface area contributed by atoms with Gasteiger partial charge in [0.1, 0.15) is 18.0 Å². The second-order valence-electron chi connectivity index (χ2n) is 7.76. The Morgan fingerprint density at radius 1 is 1.24 bits per heavy atom. The molecule has 0 amide bonds. The third-order valence-corrected chi connectivity index (χ3v) is 8.65. The standard InChI is InChI=1S/C16H24FN5O9P2/c1-9-19-14(21-2-4-29-5-3-21)12-15(20-9)22(7-18-12)16-11(17)13(23)10(31-16)6-30-33(27,28)8-32(24,25)26/h7,10-11,13,16,23H,2-6,8H2,1H3,(H,27,28)(H2,24,25,26)/t10-,11+,13-,16-/m1/s1. The third kappa shape index (κ3) is 5.42. The van der Waals surface area contributed by atoms with Crippen molar-refractivity contribution in [3.8, 4) is 0 Å². The number of aliphatic hydroxyl groups is 1. The van der Waals surface area contributed by atoms with Crippen LogP contribution in [0, 0.1) is 6.92 Å². The predicted molar refractivity (Wildman–Crippen MR) is 111 cm³/mol. The Kier molecular flexibility index (Phi) is 6.89. The lowest BCUT2D eigenvalue weighted by Crippen LogP contribution is -2.37. The summed E-state index contributed by atoms with van der Waals surface area (Å²) in [6.45, 7) is 3.15. The Balaban J connectivity index is 1.55. The molecule has 2 aromatic rings. The first-order chi connectivity index (χ1) is 15.5. The van der Waals surface area contributed by atoms with Crippen molar-refractivity contribution in [3.05, 3.63) is 12.2 Å². The van der Waals surface area contributed by atoms with Crippen molar-refractivity contribution in [1.29, 1.82) is 0 Å². The molecule has 2 aromatic heterocycles. The molecule has 5 atom stereocenters. The second-order valence-corrected chi connectivity index (χ2v) is 11.8. The van der Waals surface area contributed by atoms with Crippen molar-refractivity contribution < 1.29 is 47.3 Å². The number of aryl methyl sites for hydroxylation is 1. The quantitative estimate of drug-likeness (QED) is 0.361. The third-order valence-electron chi connectivity index (χ3n) is 5.20. The van der Waals surface area contributed by atoms with Crippen LogP contribution in [0.2, 0.25) is 0 Å². The lowest BCUT2D eigenvalue weighted by molar-refractivity contribution is -0.0425. The molecule has 0 aliphatic carbocycles. The Hall–Kier alpha value is -1.54. The van der Waals surface area contributed by atoms with Gasteiger partial charge in [-0.1, -0.05) is 0 Å². The monoisotopic (exact) mass is 511 g/mol. The highest BCUT2D eigenvalue weighted by atomic mass is 31.2. The van der Waals surface area contributed by atoms with Gasteiger partial charge in [0, 0.05) is 13.1 Å².